The van der Waals surface area contributed by atoms with Gasteiger partial charge in [0.25, 0.3) is 0 Å². The second-order valence-corrected chi connectivity index (χ2v) is 6.77. The van der Waals surface area contributed by atoms with Gasteiger partial charge in [0, 0.05) is 5.56 Å². The summed E-state index contributed by atoms with van der Waals surface area (Å²) in [6, 6.07) is 17.8. The van der Waals surface area contributed by atoms with E-state index in [1.807, 2.05) is 48.5 Å². The van der Waals surface area contributed by atoms with Crippen LogP contribution in [0.2, 0.25) is 0 Å². The maximum absolute atomic E-state index is 8.90. The van der Waals surface area contributed by atoms with Gasteiger partial charge in [-0.1, -0.05) is 69.0 Å². The van der Waals surface area contributed by atoms with Gasteiger partial charge in [-0.05, 0) is 29.7 Å². The Bertz CT molecular complexity index is 895. The highest BCUT2D eigenvalue weighted by Gasteiger charge is 2.04. The molecule has 142 valence electrons. The SMILES string of the molecule is CCCCCCCOc1cnc(-c2ccc(-c3ccc(C#N)cc3)cc2)nc1. The van der Waals surface area contributed by atoms with Crippen LogP contribution < -0.4 is 4.74 Å². The molecule has 3 rings (SSSR count). The lowest BCUT2D eigenvalue weighted by atomic mass is 10.0. The van der Waals surface area contributed by atoms with E-state index in [9.17, 15) is 0 Å². The van der Waals surface area contributed by atoms with Crippen molar-refractivity contribution in [2.24, 2.45) is 0 Å². The quantitative estimate of drug-likeness (QED) is 0.431. The van der Waals surface area contributed by atoms with Gasteiger partial charge in [0.2, 0.25) is 0 Å². The minimum atomic E-state index is 0.664. The average molecular weight is 371 g/mol. The first-order valence-electron chi connectivity index (χ1n) is 9.86. The number of nitrogens with zero attached hydrogens (tertiary/aromatic N) is 3. The van der Waals surface area contributed by atoms with Gasteiger partial charge >= 0.3 is 0 Å². The zero-order valence-electron chi connectivity index (χ0n) is 16.3. The first kappa shape index (κ1) is 19.6. The molecular formula is C24H25N3O. The maximum Gasteiger partial charge on any atom is 0.159 e. The smallest absolute Gasteiger partial charge is 0.159 e. The lowest BCUT2D eigenvalue weighted by molar-refractivity contribution is 0.302. The topological polar surface area (TPSA) is 58.8 Å². The van der Waals surface area contributed by atoms with Gasteiger partial charge in [-0.25, -0.2) is 9.97 Å². The Labute approximate surface area is 166 Å². The number of unbranched alkanes of at least 4 members (excludes halogenated alkanes) is 4. The molecular weight excluding hydrogens is 346 g/mol. The highest BCUT2D eigenvalue weighted by atomic mass is 16.5. The minimum Gasteiger partial charge on any atom is -0.490 e. The Hall–Kier alpha value is -3.19. The van der Waals surface area contributed by atoms with E-state index in [0.717, 1.165) is 23.1 Å². The first-order valence-corrected chi connectivity index (χ1v) is 9.86. The van der Waals surface area contributed by atoms with E-state index in [0.29, 0.717) is 23.7 Å². The minimum absolute atomic E-state index is 0.664. The summed E-state index contributed by atoms with van der Waals surface area (Å²) >= 11 is 0. The third kappa shape index (κ3) is 5.40. The third-order valence-corrected chi connectivity index (χ3v) is 4.64. The standard InChI is InChI=1S/C24H25N3O/c1-2-3-4-5-6-15-28-23-17-26-24(27-18-23)22-13-11-21(12-14-22)20-9-7-19(16-25)8-10-20/h7-14,17-18H,2-6,15H2,1H3. The summed E-state index contributed by atoms with van der Waals surface area (Å²) in [5, 5.41) is 8.90. The molecule has 4 nitrogen and oxygen atoms in total. The first-order chi connectivity index (χ1) is 13.8. The van der Waals surface area contributed by atoms with Crippen molar-refractivity contribution in [2.75, 3.05) is 6.61 Å². The number of hydrogen-bond acceptors (Lipinski definition) is 4. The summed E-state index contributed by atoms with van der Waals surface area (Å²) in [5.41, 5.74) is 3.80. The van der Waals surface area contributed by atoms with Gasteiger partial charge in [0.05, 0.1) is 30.6 Å². The van der Waals surface area contributed by atoms with Crippen molar-refractivity contribution in [1.29, 1.82) is 5.26 Å². The fraction of sp³-hybridized carbons (Fsp3) is 0.292. The normalized spacial score (nSPS) is 10.4. The molecule has 4 heteroatoms. The van der Waals surface area contributed by atoms with Gasteiger partial charge in [-0.3, -0.25) is 0 Å². The zero-order valence-corrected chi connectivity index (χ0v) is 16.3. The second-order valence-electron chi connectivity index (χ2n) is 6.77. The molecule has 1 aromatic heterocycles. The molecule has 0 aliphatic carbocycles. The molecule has 2 aromatic carbocycles. The maximum atomic E-state index is 8.90. The van der Waals surface area contributed by atoms with Crippen LogP contribution in [0.4, 0.5) is 0 Å². The van der Waals surface area contributed by atoms with Gasteiger partial charge in [-0.2, -0.15) is 5.26 Å². The molecule has 0 amide bonds. The van der Waals surface area contributed by atoms with Gasteiger partial charge in [0.15, 0.2) is 11.6 Å². The Morgan fingerprint density at radius 2 is 1.36 bits per heavy atom. The summed E-state index contributed by atoms with van der Waals surface area (Å²) in [4.78, 5) is 8.86. The summed E-state index contributed by atoms with van der Waals surface area (Å²) in [6.45, 7) is 2.93. The van der Waals surface area contributed by atoms with E-state index >= 15 is 0 Å². The van der Waals surface area contributed by atoms with Crippen LogP contribution in [-0.2, 0) is 0 Å². The van der Waals surface area contributed by atoms with E-state index in [1.54, 1.807) is 12.4 Å². The van der Waals surface area contributed by atoms with Crippen molar-refractivity contribution in [3.8, 4) is 34.3 Å². The monoisotopic (exact) mass is 371 g/mol. The molecule has 0 saturated carbocycles. The number of benzene rings is 2. The zero-order chi connectivity index (χ0) is 19.6. The second kappa shape index (κ2) is 10.2. The van der Waals surface area contributed by atoms with E-state index in [4.69, 9.17) is 10.00 Å². The lowest BCUT2D eigenvalue weighted by Crippen LogP contribution is -1.99. The molecule has 0 aliphatic rings. The Balaban J connectivity index is 1.57. The fourth-order valence-electron chi connectivity index (χ4n) is 2.98. The molecule has 0 N–H and O–H groups in total. The van der Waals surface area contributed by atoms with Crippen LogP contribution in [-0.4, -0.2) is 16.6 Å². The molecule has 0 spiro atoms. The molecule has 0 bridgehead atoms. The Morgan fingerprint density at radius 1 is 0.786 bits per heavy atom. The molecule has 0 radical (unpaired) electrons. The average Bonchev–Trinajstić information content (AvgIpc) is 2.77. The Morgan fingerprint density at radius 3 is 1.96 bits per heavy atom. The van der Waals surface area contributed by atoms with Crippen molar-refractivity contribution in [2.45, 2.75) is 39.0 Å². The molecule has 3 aromatic rings. The van der Waals surface area contributed by atoms with Gasteiger partial charge in [-0.15, -0.1) is 0 Å². The van der Waals surface area contributed by atoms with Crippen LogP contribution >= 0.6 is 0 Å². The fourth-order valence-corrected chi connectivity index (χ4v) is 2.98. The van der Waals surface area contributed by atoms with E-state index in [2.05, 4.69) is 23.0 Å². The number of nitriles is 1. The summed E-state index contributed by atoms with van der Waals surface area (Å²) in [5.74, 6) is 1.40. The van der Waals surface area contributed by atoms with Crippen LogP contribution in [0.15, 0.2) is 60.9 Å². The van der Waals surface area contributed by atoms with Crippen molar-refractivity contribution >= 4 is 0 Å². The highest BCUT2D eigenvalue weighted by Crippen LogP contribution is 2.24. The number of rotatable bonds is 9. The predicted molar refractivity (Wildman–Crippen MR) is 112 cm³/mol. The van der Waals surface area contributed by atoms with Crippen LogP contribution in [0.3, 0.4) is 0 Å². The molecule has 28 heavy (non-hydrogen) atoms. The summed E-state index contributed by atoms with van der Waals surface area (Å²) < 4.78 is 5.72. The van der Waals surface area contributed by atoms with E-state index in [-0.39, 0.29) is 0 Å². The van der Waals surface area contributed by atoms with Crippen molar-refractivity contribution < 1.29 is 4.74 Å². The van der Waals surface area contributed by atoms with Crippen molar-refractivity contribution in [3.63, 3.8) is 0 Å². The predicted octanol–water partition coefficient (Wildman–Crippen LogP) is 6.03. The van der Waals surface area contributed by atoms with Gasteiger partial charge in [0.1, 0.15) is 0 Å². The lowest BCUT2D eigenvalue weighted by Gasteiger charge is -2.07. The molecule has 0 fully saturated rings. The highest BCUT2D eigenvalue weighted by molar-refractivity contribution is 5.68. The summed E-state index contributed by atoms with van der Waals surface area (Å²) in [7, 11) is 0. The molecule has 0 atom stereocenters. The largest absolute Gasteiger partial charge is 0.490 e. The third-order valence-electron chi connectivity index (χ3n) is 4.64. The molecule has 0 aliphatic heterocycles. The summed E-state index contributed by atoms with van der Waals surface area (Å²) in [6.07, 6.45) is 9.57. The Kier molecular flexibility index (Phi) is 7.14. The van der Waals surface area contributed by atoms with Crippen LogP contribution in [0, 0.1) is 11.3 Å². The van der Waals surface area contributed by atoms with Crippen molar-refractivity contribution in [3.05, 3.63) is 66.5 Å². The van der Waals surface area contributed by atoms with E-state index in [1.165, 1.54) is 25.7 Å². The number of aromatic nitrogens is 2. The molecule has 0 unspecified atom stereocenters. The molecule has 0 saturated heterocycles. The van der Waals surface area contributed by atoms with Crippen molar-refractivity contribution in [1.82, 2.24) is 9.97 Å². The van der Waals surface area contributed by atoms with Gasteiger partial charge < -0.3 is 4.74 Å². The number of hydrogen-bond donors (Lipinski definition) is 0. The molecule has 1 heterocycles. The number of ether oxygens (including phenoxy) is 1. The van der Waals surface area contributed by atoms with Crippen LogP contribution in [0.5, 0.6) is 5.75 Å². The van der Waals surface area contributed by atoms with Crippen LogP contribution in [0.1, 0.15) is 44.6 Å². The van der Waals surface area contributed by atoms with Crippen LogP contribution in [0.25, 0.3) is 22.5 Å². The van der Waals surface area contributed by atoms with E-state index < -0.39 is 0 Å².